The van der Waals surface area contributed by atoms with Crippen LogP contribution in [0.2, 0.25) is 0 Å². The largest absolute Gasteiger partial charge is 0.480 e. The third kappa shape index (κ3) is 3.15. The van der Waals surface area contributed by atoms with E-state index < -0.39 is 11.5 Å². The highest BCUT2D eigenvalue weighted by Crippen LogP contribution is 2.41. The number of carbonyl (C=O) groups is 1. The number of hydrogen-bond donors (Lipinski definition) is 2. The van der Waals surface area contributed by atoms with Crippen molar-refractivity contribution in [1.29, 1.82) is 0 Å². The minimum absolute atomic E-state index is 0.176. The Labute approximate surface area is 117 Å². The molecular formula is C14H21NO3S. The summed E-state index contributed by atoms with van der Waals surface area (Å²) >= 11 is 1.73. The van der Waals surface area contributed by atoms with Gasteiger partial charge in [0.25, 0.3) is 0 Å². The molecule has 106 valence electrons. The van der Waals surface area contributed by atoms with E-state index in [4.69, 9.17) is 4.42 Å². The van der Waals surface area contributed by atoms with Gasteiger partial charge in [0.1, 0.15) is 11.3 Å². The summed E-state index contributed by atoms with van der Waals surface area (Å²) in [7, 11) is 0. The van der Waals surface area contributed by atoms with Crippen molar-refractivity contribution in [2.75, 3.05) is 0 Å². The zero-order chi connectivity index (χ0) is 14.0. The standard InChI is InChI=1S/C14H21NO3S/c1-9(2)15-14(13(16)17)6-4-11(8-14)19-12-5-7-18-10(12)3/h5,7,9,11,15H,4,6,8H2,1-3H3,(H,16,17). The highest BCUT2D eigenvalue weighted by atomic mass is 32.2. The third-order valence-electron chi connectivity index (χ3n) is 3.55. The van der Waals surface area contributed by atoms with E-state index in [1.54, 1.807) is 18.0 Å². The molecule has 2 atom stereocenters. The van der Waals surface area contributed by atoms with Gasteiger partial charge >= 0.3 is 5.97 Å². The number of aryl methyl sites for hydroxylation is 1. The molecular weight excluding hydrogens is 262 g/mol. The fourth-order valence-corrected chi connectivity index (χ4v) is 4.03. The van der Waals surface area contributed by atoms with Gasteiger partial charge in [0.15, 0.2) is 0 Å². The number of furan rings is 1. The monoisotopic (exact) mass is 283 g/mol. The lowest BCUT2D eigenvalue weighted by Crippen LogP contribution is -2.53. The van der Waals surface area contributed by atoms with Gasteiger partial charge in [-0.05, 0) is 46.1 Å². The predicted molar refractivity (Wildman–Crippen MR) is 75.6 cm³/mol. The van der Waals surface area contributed by atoms with Gasteiger partial charge in [0, 0.05) is 16.2 Å². The van der Waals surface area contributed by atoms with Crippen molar-refractivity contribution in [1.82, 2.24) is 5.32 Å². The summed E-state index contributed by atoms with van der Waals surface area (Å²) in [6.07, 6.45) is 3.95. The molecule has 1 saturated carbocycles. The Hall–Kier alpha value is -0.940. The van der Waals surface area contributed by atoms with Crippen molar-refractivity contribution in [2.24, 2.45) is 0 Å². The molecule has 19 heavy (non-hydrogen) atoms. The maximum absolute atomic E-state index is 11.6. The van der Waals surface area contributed by atoms with Crippen molar-refractivity contribution in [3.8, 4) is 0 Å². The molecule has 2 rings (SSSR count). The average molecular weight is 283 g/mol. The lowest BCUT2D eigenvalue weighted by atomic mass is 9.97. The summed E-state index contributed by atoms with van der Waals surface area (Å²) in [6.45, 7) is 5.92. The van der Waals surface area contributed by atoms with E-state index in [-0.39, 0.29) is 6.04 Å². The SMILES string of the molecule is Cc1occc1SC1CCC(NC(C)C)(C(=O)O)C1. The highest BCUT2D eigenvalue weighted by molar-refractivity contribution is 8.00. The normalized spacial score (nSPS) is 27.1. The summed E-state index contributed by atoms with van der Waals surface area (Å²) in [5.74, 6) is 0.183. The van der Waals surface area contributed by atoms with Crippen molar-refractivity contribution < 1.29 is 14.3 Å². The second-order valence-corrected chi connectivity index (χ2v) is 6.85. The fourth-order valence-electron chi connectivity index (χ4n) is 2.72. The van der Waals surface area contributed by atoms with Crippen LogP contribution in [-0.2, 0) is 4.79 Å². The molecule has 1 aromatic heterocycles. The van der Waals surface area contributed by atoms with Crippen LogP contribution in [0.3, 0.4) is 0 Å². The van der Waals surface area contributed by atoms with Crippen molar-refractivity contribution in [2.45, 2.75) is 61.8 Å². The average Bonchev–Trinajstić information content (AvgIpc) is 2.88. The van der Waals surface area contributed by atoms with Gasteiger partial charge in [-0.1, -0.05) is 0 Å². The van der Waals surface area contributed by atoms with Crippen LogP contribution >= 0.6 is 11.8 Å². The zero-order valence-corrected chi connectivity index (χ0v) is 12.4. The van der Waals surface area contributed by atoms with Crippen LogP contribution in [0.5, 0.6) is 0 Å². The Morgan fingerprint density at radius 2 is 2.37 bits per heavy atom. The lowest BCUT2D eigenvalue weighted by Gasteiger charge is -2.28. The quantitative estimate of drug-likeness (QED) is 0.869. The van der Waals surface area contributed by atoms with Gasteiger partial charge in [-0.15, -0.1) is 11.8 Å². The van der Waals surface area contributed by atoms with E-state index in [1.165, 1.54) is 0 Å². The number of thioether (sulfide) groups is 1. The van der Waals surface area contributed by atoms with Crippen LogP contribution in [-0.4, -0.2) is 27.9 Å². The highest BCUT2D eigenvalue weighted by Gasteiger charge is 2.46. The number of aliphatic carboxylic acids is 1. The molecule has 0 aliphatic heterocycles. The maximum Gasteiger partial charge on any atom is 0.323 e. The molecule has 1 heterocycles. The Morgan fingerprint density at radius 3 is 2.89 bits per heavy atom. The molecule has 1 aliphatic rings. The Morgan fingerprint density at radius 1 is 1.63 bits per heavy atom. The summed E-state index contributed by atoms with van der Waals surface area (Å²) in [4.78, 5) is 12.7. The molecule has 0 bridgehead atoms. The summed E-state index contributed by atoms with van der Waals surface area (Å²) in [5, 5.41) is 13.1. The topological polar surface area (TPSA) is 62.5 Å². The number of hydrogen-bond acceptors (Lipinski definition) is 4. The third-order valence-corrected chi connectivity index (χ3v) is 4.96. The van der Waals surface area contributed by atoms with Gasteiger partial charge in [0.05, 0.1) is 6.26 Å². The van der Waals surface area contributed by atoms with Crippen molar-refractivity contribution in [3.05, 3.63) is 18.1 Å². The first kappa shape index (κ1) is 14.5. The van der Waals surface area contributed by atoms with Crippen molar-refractivity contribution in [3.63, 3.8) is 0 Å². The van der Waals surface area contributed by atoms with Crippen LogP contribution in [0.1, 0.15) is 38.9 Å². The van der Waals surface area contributed by atoms with Crippen molar-refractivity contribution >= 4 is 17.7 Å². The smallest absolute Gasteiger partial charge is 0.323 e. The van der Waals surface area contributed by atoms with E-state index >= 15 is 0 Å². The Balaban J connectivity index is 2.04. The summed E-state index contributed by atoms with van der Waals surface area (Å²) in [6, 6.07) is 2.13. The molecule has 0 amide bonds. The summed E-state index contributed by atoms with van der Waals surface area (Å²) in [5.41, 5.74) is -0.760. The zero-order valence-electron chi connectivity index (χ0n) is 11.6. The molecule has 0 saturated heterocycles. The van der Waals surface area contributed by atoms with Gasteiger partial charge in [0.2, 0.25) is 0 Å². The maximum atomic E-state index is 11.6. The molecule has 0 aromatic carbocycles. The van der Waals surface area contributed by atoms with Gasteiger partial charge in [-0.25, -0.2) is 0 Å². The predicted octanol–water partition coefficient (Wildman–Crippen LogP) is 3.05. The van der Waals surface area contributed by atoms with Crippen LogP contribution < -0.4 is 5.32 Å². The molecule has 4 nitrogen and oxygen atoms in total. The van der Waals surface area contributed by atoms with Gasteiger partial charge < -0.3 is 9.52 Å². The number of nitrogens with one attached hydrogen (secondary N) is 1. The molecule has 2 unspecified atom stereocenters. The first-order chi connectivity index (χ1) is 8.93. The first-order valence-electron chi connectivity index (χ1n) is 6.65. The molecule has 1 aromatic rings. The van der Waals surface area contributed by atoms with Gasteiger partial charge in [-0.3, -0.25) is 10.1 Å². The van der Waals surface area contributed by atoms with E-state index in [0.717, 1.165) is 17.1 Å². The van der Waals surface area contributed by atoms with Crippen LogP contribution in [0.4, 0.5) is 0 Å². The number of carboxylic acid groups (broad SMARTS) is 1. The van der Waals surface area contributed by atoms with E-state index in [0.29, 0.717) is 18.1 Å². The molecule has 5 heteroatoms. The molecule has 1 aliphatic carbocycles. The second kappa shape index (κ2) is 5.59. The summed E-state index contributed by atoms with van der Waals surface area (Å²) < 4.78 is 5.29. The Bertz CT molecular complexity index is 457. The van der Waals surface area contributed by atoms with E-state index in [2.05, 4.69) is 5.32 Å². The van der Waals surface area contributed by atoms with Crippen LogP contribution in [0.25, 0.3) is 0 Å². The van der Waals surface area contributed by atoms with E-state index in [1.807, 2.05) is 26.8 Å². The number of rotatable bonds is 5. The Kier molecular flexibility index (Phi) is 4.26. The molecule has 2 N–H and O–H groups in total. The molecule has 0 spiro atoms. The lowest BCUT2D eigenvalue weighted by molar-refractivity contribution is -0.145. The minimum Gasteiger partial charge on any atom is -0.480 e. The first-order valence-corrected chi connectivity index (χ1v) is 7.53. The van der Waals surface area contributed by atoms with E-state index in [9.17, 15) is 9.90 Å². The second-order valence-electron chi connectivity index (χ2n) is 5.51. The number of carboxylic acids is 1. The minimum atomic E-state index is -0.760. The molecule has 0 radical (unpaired) electrons. The van der Waals surface area contributed by atoms with Crippen LogP contribution in [0.15, 0.2) is 21.6 Å². The molecule has 1 fully saturated rings. The fraction of sp³-hybridized carbons (Fsp3) is 0.643. The van der Waals surface area contributed by atoms with Gasteiger partial charge in [-0.2, -0.15) is 0 Å². The van der Waals surface area contributed by atoms with Crippen LogP contribution in [0, 0.1) is 6.92 Å².